The zero-order valence-electron chi connectivity index (χ0n) is 63.6. The molecule has 540 valence electrons. The van der Waals surface area contributed by atoms with Gasteiger partial charge in [0, 0.05) is 25.7 Å². The molecule has 1 aliphatic carbocycles. The summed E-state index contributed by atoms with van der Waals surface area (Å²) in [5.74, 6) is 1.55. The summed E-state index contributed by atoms with van der Waals surface area (Å²) in [5.41, 5.74) is 13.6. The van der Waals surface area contributed by atoms with Crippen molar-refractivity contribution in [2.24, 2.45) is 0 Å². The Balaban J connectivity index is 0.884. The number of carbonyl (C=O) groups excluding carboxylic acids is 2. The summed E-state index contributed by atoms with van der Waals surface area (Å²) in [6.45, 7) is 31.4. The Labute approximate surface area is 620 Å². The summed E-state index contributed by atoms with van der Waals surface area (Å²) in [7, 11) is 0. The molecule has 2 heterocycles. The molecule has 106 heavy (non-hydrogen) atoms. The van der Waals surface area contributed by atoms with Crippen molar-refractivity contribution in [1.29, 1.82) is 0 Å². The van der Waals surface area contributed by atoms with Crippen LogP contribution in [0.3, 0.4) is 0 Å². The van der Waals surface area contributed by atoms with Crippen molar-refractivity contribution >= 4 is 76.6 Å². The van der Waals surface area contributed by atoms with Crippen molar-refractivity contribution in [2.45, 2.75) is 171 Å². The van der Waals surface area contributed by atoms with E-state index in [2.05, 4.69) is 241 Å². The fraction of sp³-hybridized carbons (Fsp3) is 0.326. The molecule has 0 spiro atoms. The maximum atomic E-state index is 13.8. The molecule has 0 N–H and O–H groups in total. The van der Waals surface area contributed by atoms with E-state index < -0.39 is 11.9 Å². The molecule has 1 aliphatic rings. The van der Waals surface area contributed by atoms with Crippen LogP contribution in [0, 0.1) is 0 Å². The van der Waals surface area contributed by atoms with Crippen LogP contribution in [0.2, 0.25) is 0 Å². The Bertz CT molecular complexity index is 5220. The maximum absolute atomic E-state index is 13.8. The molecule has 12 aromatic carbocycles. The minimum Gasteiger partial charge on any atom is -0.487 e. The first-order valence-corrected chi connectivity index (χ1v) is 37.3. The molecule has 0 atom stereocenters. The highest BCUT2D eigenvalue weighted by Gasteiger charge is 2.31. The number of nitrogens with zero attached hydrogens (tertiary/aromatic N) is 6. The second kappa shape index (κ2) is 27.9. The highest BCUT2D eigenvalue weighted by molar-refractivity contribution is 6.24. The van der Waals surface area contributed by atoms with E-state index in [0.717, 1.165) is 77.9 Å². The molecule has 8 bridgehead atoms. The summed E-state index contributed by atoms with van der Waals surface area (Å²) in [5, 5.41) is 33.8. The predicted octanol–water partition coefficient (Wildman–Crippen LogP) is 19.7. The molecule has 2 aromatic heterocycles. The van der Waals surface area contributed by atoms with Gasteiger partial charge in [-0.05, 0) is 178 Å². The molecule has 14 aromatic rings. The topological polar surface area (TPSA) is 151 Å². The van der Waals surface area contributed by atoms with Gasteiger partial charge in [-0.1, -0.05) is 251 Å². The lowest BCUT2D eigenvalue weighted by atomic mass is 9.79. The van der Waals surface area contributed by atoms with Crippen LogP contribution >= 0.6 is 0 Å². The number of hydrogen-bond acceptors (Lipinski definition) is 12. The third kappa shape index (κ3) is 14.3. The van der Waals surface area contributed by atoms with Gasteiger partial charge in [0.25, 0.3) is 0 Å². The molecule has 0 saturated carbocycles. The Kier molecular flexibility index (Phi) is 18.6. The van der Waals surface area contributed by atoms with Crippen LogP contribution in [0.1, 0.15) is 186 Å². The number of ether oxygens (including phenoxy) is 6. The first-order chi connectivity index (χ1) is 50.7. The van der Waals surface area contributed by atoms with Gasteiger partial charge in [-0.15, -0.1) is 10.2 Å². The molecule has 14 nitrogen and oxygen atoms in total. The fourth-order valence-corrected chi connectivity index (χ4v) is 15.5. The largest absolute Gasteiger partial charge is 0.487 e. The van der Waals surface area contributed by atoms with Gasteiger partial charge in [0.1, 0.15) is 47.6 Å². The molecular formula is C92H94N6O8. The van der Waals surface area contributed by atoms with E-state index in [0.29, 0.717) is 73.2 Å². The quantitative estimate of drug-likeness (QED) is 0.0594. The molecule has 15 rings (SSSR count). The first-order valence-electron chi connectivity index (χ1n) is 37.3. The van der Waals surface area contributed by atoms with E-state index in [9.17, 15) is 9.59 Å². The van der Waals surface area contributed by atoms with Crippen molar-refractivity contribution in [3.8, 4) is 23.0 Å². The van der Waals surface area contributed by atoms with Crippen molar-refractivity contribution in [2.75, 3.05) is 26.4 Å². The highest BCUT2D eigenvalue weighted by Crippen LogP contribution is 2.46. The Hall–Kier alpha value is -10.9. The minimum atomic E-state index is -0.473. The van der Waals surface area contributed by atoms with E-state index in [1.165, 1.54) is 64.6 Å². The third-order valence-electron chi connectivity index (χ3n) is 21.0. The second-order valence-corrected chi connectivity index (χ2v) is 32.9. The Morgan fingerprint density at radius 3 is 0.925 bits per heavy atom. The van der Waals surface area contributed by atoms with Gasteiger partial charge in [0.05, 0.1) is 38.7 Å². The van der Waals surface area contributed by atoms with Gasteiger partial charge in [-0.2, -0.15) is 0 Å². The number of rotatable bonds is 18. The number of benzene rings is 12. The van der Waals surface area contributed by atoms with Crippen molar-refractivity contribution in [3.05, 3.63) is 259 Å². The number of esters is 2. The molecule has 14 heteroatoms. The summed E-state index contributed by atoms with van der Waals surface area (Å²) in [6, 6.07) is 57.6. The second-order valence-electron chi connectivity index (χ2n) is 32.9. The third-order valence-corrected chi connectivity index (χ3v) is 21.0. The molecule has 0 radical (unpaired) electrons. The standard InChI is InChI=1S/C92H94N6O8/c1-15-101-79(99)53-105-87-67-35-63-39-71(89(3,4)5)41-65(85(63)103-51-75-49-97(95-93-75)47-61-29-27-59-25-23-55-19-17-21-57-31-33-77(61)83(59)81(55)57)37-69-45-74(92(12,13)14)46-70(88(69)106-54-80(100)102-16-2)38-66-42-72(90(6,7)8)40-64(36-68(87)44-73(43-67)91(9,10)11)86(66)104-52-76-50-98(96-94-76)48-62-30-28-60-26-24-56-20-18-22-58-32-34-78(62)84(60)82(56)58/h17-34,39-46,49-50H,15-16,35-38,47-48,51-54H2,1-14H3. The summed E-state index contributed by atoms with van der Waals surface area (Å²) in [4.78, 5) is 27.6. The van der Waals surface area contributed by atoms with Crippen molar-refractivity contribution < 1.29 is 38.0 Å². The summed E-state index contributed by atoms with van der Waals surface area (Å²) < 4.78 is 43.9. The average Bonchev–Trinajstić information content (AvgIpc) is 0.809. The summed E-state index contributed by atoms with van der Waals surface area (Å²) in [6.07, 6.45) is 5.31. The molecule has 0 aliphatic heterocycles. The van der Waals surface area contributed by atoms with E-state index in [1.807, 2.05) is 35.6 Å². The number of fused-ring (bicyclic) bond motifs is 8. The molecular weight excluding hydrogens is 1320 g/mol. The van der Waals surface area contributed by atoms with Crippen LogP contribution in [0.15, 0.2) is 170 Å². The van der Waals surface area contributed by atoms with E-state index in [4.69, 9.17) is 49.0 Å². The number of hydrogen-bond donors (Lipinski definition) is 0. The zero-order valence-corrected chi connectivity index (χ0v) is 63.6. The predicted molar refractivity (Wildman–Crippen MR) is 423 cm³/mol. The lowest BCUT2D eigenvalue weighted by Gasteiger charge is -2.29. The monoisotopic (exact) mass is 1410 g/mol. The van der Waals surface area contributed by atoms with Gasteiger partial charge in [-0.25, -0.2) is 19.0 Å². The van der Waals surface area contributed by atoms with Crippen LogP contribution in [0.5, 0.6) is 23.0 Å². The van der Waals surface area contributed by atoms with Crippen molar-refractivity contribution in [3.63, 3.8) is 0 Å². The average molecular weight is 1410 g/mol. The number of aromatic nitrogens is 6. The van der Waals surface area contributed by atoms with Gasteiger partial charge in [-0.3, -0.25) is 0 Å². The fourth-order valence-electron chi connectivity index (χ4n) is 15.5. The zero-order chi connectivity index (χ0) is 74.1. The van der Waals surface area contributed by atoms with E-state index in [1.54, 1.807) is 0 Å². The van der Waals surface area contributed by atoms with Crippen LogP contribution in [0.25, 0.3) is 64.6 Å². The molecule has 0 unspecified atom stereocenters. The van der Waals surface area contributed by atoms with Crippen LogP contribution in [-0.2, 0) is 92.7 Å². The van der Waals surface area contributed by atoms with E-state index in [-0.39, 0.29) is 61.3 Å². The summed E-state index contributed by atoms with van der Waals surface area (Å²) >= 11 is 0. The lowest BCUT2D eigenvalue weighted by molar-refractivity contribution is -0.146. The first kappa shape index (κ1) is 70.8. The molecule has 0 fully saturated rings. The van der Waals surface area contributed by atoms with Gasteiger partial charge in [0.2, 0.25) is 0 Å². The Morgan fingerprint density at radius 2 is 0.632 bits per heavy atom. The van der Waals surface area contributed by atoms with E-state index >= 15 is 0 Å². The van der Waals surface area contributed by atoms with Crippen LogP contribution in [-0.4, -0.2) is 68.4 Å². The minimum absolute atomic E-state index is 0.0947. The van der Waals surface area contributed by atoms with Gasteiger partial charge < -0.3 is 28.4 Å². The van der Waals surface area contributed by atoms with Gasteiger partial charge >= 0.3 is 11.9 Å². The molecule has 0 saturated heterocycles. The normalized spacial score (nSPS) is 13.0. The maximum Gasteiger partial charge on any atom is 0.344 e. The van der Waals surface area contributed by atoms with Crippen LogP contribution in [0.4, 0.5) is 0 Å². The SMILES string of the molecule is CCOC(=O)COc1c2cc(C(C)(C)C)cc1Cc1cc(C(C)(C)C)cc(c1OCc1cn(Cc3ccc4ccc5cccc6ccc3c4c56)nn1)Cc1cc(C(C)(C)C)cc(c1OCC(=O)OCC)Cc1cc(C(C)(C)C)cc(c1OCc1cn(Cc3ccc4ccc5cccc6ccc3c4c56)nn1)C2. The van der Waals surface area contributed by atoms with Gasteiger partial charge in [0.15, 0.2) is 13.2 Å². The Morgan fingerprint density at radius 1 is 0.358 bits per heavy atom. The van der Waals surface area contributed by atoms with Crippen LogP contribution < -0.4 is 18.9 Å². The highest BCUT2D eigenvalue weighted by atomic mass is 16.6. The number of carbonyl (C=O) groups is 2. The lowest BCUT2D eigenvalue weighted by Crippen LogP contribution is -2.20. The smallest absolute Gasteiger partial charge is 0.344 e. The van der Waals surface area contributed by atoms with Crippen molar-refractivity contribution in [1.82, 2.24) is 30.0 Å². The molecule has 0 amide bonds.